The van der Waals surface area contributed by atoms with Crippen molar-refractivity contribution in [1.29, 1.82) is 0 Å². The molecular weight excluding hydrogens is 580 g/mol. The van der Waals surface area contributed by atoms with Gasteiger partial charge in [-0.15, -0.1) is 0 Å². The second-order valence-corrected chi connectivity index (χ2v) is 10.4. The van der Waals surface area contributed by atoms with Crippen LogP contribution in [0.25, 0.3) is 0 Å². The number of aromatic nitrogens is 2. The monoisotopic (exact) mass is 596 g/mol. The predicted molar refractivity (Wildman–Crippen MR) is 130 cm³/mol. The van der Waals surface area contributed by atoms with Gasteiger partial charge in [0.2, 0.25) is 5.95 Å². The Kier molecular flexibility index (Phi) is 7.50. The van der Waals surface area contributed by atoms with Crippen molar-refractivity contribution in [1.82, 2.24) is 9.97 Å². The fourth-order valence-corrected chi connectivity index (χ4v) is 5.09. The molecule has 0 aliphatic heterocycles. The van der Waals surface area contributed by atoms with Crippen LogP contribution in [0.1, 0.15) is 28.7 Å². The van der Waals surface area contributed by atoms with E-state index in [4.69, 9.17) is 4.74 Å². The van der Waals surface area contributed by atoms with Gasteiger partial charge in [0.05, 0.1) is 14.9 Å². The van der Waals surface area contributed by atoms with Crippen molar-refractivity contribution in [3.8, 4) is 5.75 Å². The smallest absolute Gasteiger partial charge is 0.308 e. The zero-order valence-corrected chi connectivity index (χ0v) is 21.6. The van der Waals surface area contributed by atoms with Crippen molar-refractivity contribution in [2.45, 2.75) is 25.7 Å². The van der Waals surface area contributed by atoms with E-state index in [-0.39, 0.29) is 22.2 Å². The number of halogens is 2. The van der Waals surface area contributed by atoms with E-state index in [1.54, 1.807) is 26.0 Å². The van der Waals surface area contributed by atoms with Crippen LogP contribution >= 0.6 is 31.9 Å². The van der Waals surface area contributed by atoms with Crippen molar-refractivity contribution >= 4 is 65.4 Å². The highest BCUT2D eigenvalue weighted by Crippen LogP contribution is 2.33. The third-order valence-electron chi connectivity index (χ3n) is 4.13. The normalized spacial score (nSPS) is 11.1. The molecule has 12 heteroatoms. The second kappa shape index (κ2) is 9.98. The molecule has 0 atom stereocenters. The summed E-state index contributed by atoms with van der Waals surface area (Å²) in [5.74, 6) is -1.09. The number of aryl methyl sites for hydroxylation is 2. The molecule has 0 aliphatic carbocycles. The van der Waals surface area contributed by atoms with Gasteiger partial charge in [0.25, 0.3) is 15.9 Å². The maximum absolute atomic E-state index is 12.8. The number of ether oxygens (including phenoxy) is 1. The van der Waals surface area contributed by atoms with Gasteiger partial charge in [-0.05, 0) is 72.2 Å². The zero-order valence-electron chi connectivity index (χ0n) is 17.6. The molecule has 0 fully saturated rings. The number of hydrogen-bond donors (Lipinski definition) is 2. The predicted octanol–water partition coefficient (Wildman–Crippen LogP) is 4.60. The van der Waals surface area contributed by atoms with Gasteiger partial charge in [-0.3, -0.25) is 9.59 Å². The number of benzene rings is 2. The number of hydrogen-bond acceptors (Lipinski definition) is 7. The molecule has 2 aromatic carbocycles. The number of sulfonamides is 1. The number of nitrogens with zero attached hydrogens (tertiary/aromatic N) is 2. The molecule has 0 bridgehead atoms. The molecule has 0 saturated heterocycles. The van der Waals surface area contributed by atoms with Crippen LogP contribution in [0.3, 0.4) is 0 Å². The quantitative estimate of drug-likeness (QED) is 0.314. The Hall–Kier alpha value is -2.83. The van der Waals surface area contributed by atoms with Gasteiger partial charge in [0.1, 0.15) is 0 Å². The Balaban J connectivity index is 1.81. The van der Waals surface area contributed by atoms with E-state index in [0.717, 1.165) is 0 Å². The molecule has 9 nitrogen and oxygen atoms in total. The topological polar surface area (TPSA) is 127 Å². The Morgan fingerprint density at radius 3 is 2.15 bits per heavy atom. The van der Waals surface area contributed by atoms with Crippen molar-refractivity contribution in [3.63, 3.8) is 0 Å². The summed E-state index contributed by atoms with van der Waals surface area (Å²) in [6.07, 6.45) is 0. The third-order valence-corrected chi connectivity index (χ3v) is 6.52. The molecule has 3 rings (SSSR count). The minimum absolute atomic E-state index is 0.0249. The first-order valence-electron chi connectivity index (χ1n) is 9.38. The molecule has 1 heterocycles. The first-order valence-corrected chi connectivity index (χ1v) is 12.5. The summed E-state index contributed by atoms with van der Waals surface area (Å²) in [5, 5.41) is 2.66. The molecule has 1 aromatic heterocycles. The first kappa shape index (κ1) is 24.8. The SMILES string of the molecule is CC(=O)Oc1c(Br)cc(Br)cc1C(=O)Nc1ccc(S(=O)(=O)Nc2nc(C)cc(C)n2)cc1. The zero-order chi connectivity index (χ0) is 24.3. The van der Waals surface area contributed by atoms with E-state index in [1.165, 1.54) is 37.3 Å². The molecule has 0 radical (unpaired) electrons. The van der Waals surface area contributed by atoms with Gasteiger partial charge in [-0.2, -0.15) is 0 Å². The molecule has 0 unspecified atom stereocenters. The van der Waals surface area contributed by atoms with Crippen molar-refractivity contribution in [2.24, 2.45) is 0 Å². The number of carbonyl (C=O) groups excluding carboxylic acids is 2. The van der Waals surface area contributed by atoms with Crippen LogP contribution in [0.2, 0.25) is 0 Å². The summed E-state index contributed by atoms with van der Waals surface area (Å²) in [4.78, 5) is 32.4. The van der Waals surface area contributed by atoms with E-state index in [2.05, 4.69) is 51.9 Å². The lowest BCUT2D eigenvalue weighted by molar-refractivity contribution is -0.131. The highest BCUT2D eigenvalue weighted by Gasteiger charge is 2.20. The third kappa shape index (κ3) is 6.36. The average molecular weight is 598 g/mol. The molecule has 172 valence electrons. The van der Waals surface area contributed by atoms with E-state index < -0.39 is 21.9 Å². The van der Waals surface area contributed by atoms with E-state index in [1.807, 2.05) is 0 Å². The molecule has 0 aliphatic rings. The van der Waals surface area contributed by atoms with Crippen molar-refractivity contribution < 1.29 is 22.7 Å². The Morgan fingerprint density at radius 2 is 1.58 bits per heavy atom. The maximum atomic E-state index is 12.8. The van der Waals surface area contributed by atoms with Crippen LogP contribution < -0.4 is 14.8 Å². The number of nitrogens with one attached hydrogen (secondary N) is 2. The van der Waals surface area contributed by atoms with Crippen LogP contribution in [-0.2, 0) is 14.8 Å². The van der Waals surface area contributed by atoms with Crippen LogP contribution in [0.5, 0.6) is 5.75 Å². The van der Waals surface area contributed by atoms with Crippen LogP contribution in [0, 0.1) is 13.8 Å². The first-order chi connectivity index (χ1) is 15.4. The molecule has 33 heavy (non-hydrogen) atoms. The van der Waals surface area contributed by atoms with Gasteiger partial charge in [0, 0.05) is 28.5 Å². The number of amides is 1. The van der Waals surface area contributed by atoms with Gasteiger partial charge in [-0.1, -0.05) is 15.9 Å². The van der Waals surface area contributed by atoms with E-state index in [0.29, 0.717) is 26.0 Å². The number of anilines is 2. The highest BCUT2D eigenvalue weighted by molar-refractivity contribution is 9.11. The lowest BCUT2D eigenvalue weighted by Gasteiger charge is -2.13. The van der Waals surface area contributed by atoms with Gasteiger partial charge in [-0.25, -0.2) is 23.1 Å². The van der Waals surface area contributed by atoms with Gasteiger partial charge >= 0.3 is 5.97 Å². The largest absolute Gasteiger partial charge is 0.425 e. The minimum Gasteiger partial charge on any atom is -0.425 e. The van der Waals surface area contributed by atoms with Crippen LogP contribution in [0.4, 0.5) is 11.6 Å². The van der Waals surface area contributed by atoms with Gasteiger partial charge < -0.3 is 10.1 Å². The Morgan fingerprint density at radius 1 is 0.970 bits per heavy atom. The molecule has 0 saturated carbocycles. The maximum Gasteiger partial charge on any atom is 0.308 e. The standard InChI is InChI=1S/C21H18Br2N4O5S/c1-11-8-12(2)25-21(24-11)27-33(30,31)16-6-4-15(5-7-16)26-20(29)17-9-14(22)10-18(23)19(17)32-13(3)28/h4-10H,1-3H3,(H,26,29)(H,24,25,27). The number of rotatable bonds is 6. The van der Waals surface area contributed by atoms with E-state index >= 15 is 0 Å². The lowest BCUT2D eigenvalue weighted by atomic mass is 10.2. The summed E-state index contributed by atoms with van der Waals surface area (Å²) in [5.41, 5.74) is 1.71. The van der Waals surface area contributed by atoms with Crippen molar-refractivity contribution in [2.75, 3.05) is 10.0 Å². The van der Waals surface area contributed by atoms with E-state index in [9.17, 15) is 18.0 Å². The highest BCUT2D eigenvalue weighted by atomic mass is 79.9. The Bertz CT molecular complexity index is 1330. The summed E-state index contributed by atoms with van der Waals surface area (Å²) < 4.78 is 33.8. The molecular formula is C21H18Br2N4O5S. The number of carbonyl (C=O) groups is 2. The van der Waals surface area contributed by atoms with Crippen LogP contribution in [0.15, 0.2) is 56.3 Å². The molecule has 2 N–H and O–H groups in total. The lowest BCUT2D eigenvalue weighted by Crippen LogP contribution is -2.17. The summed E-state index contributed by atoms with van der Waals surface area (Å²) >= 11 is 6.58. The minimum atomic E-state index is -3.93. The average Bonchev–Trinajstić information content (AvgIpc) is 2.68. The number of esters is 1. The van der Waals surface area contributed by atoms with Gasteiger partial charge in [0.15, 0.2) is 5.75 Å². The fraction of sp³-hybridized carbons (Fsp3) is 0.143. The molecule has 1 amide bonds. The molecule has 3 aromatic rings. The van der Waals surface area contributed by atoms with Crippen LogP contribution in [-0.4, -0.2) is 30.3 Å². The molecule has 0 spiro atoms. The summed E-state index contributed by atoms with van der Waals surface area (Å²) in [6, 6.07) is 10.4. The Labute approximate surface area is 207 Å². The second-order valence-electron chi connectivity index (χ2n) is 6.92. The summed E-state index contributed by atoms with van der Waals surface area (Å²) in [7, 11) is -3.93. The van der Waals surface area contributed by atoms with Crippen molar-refractivity contribution in [3.05, 3.63) is 68.4 Å². The fourth-order valence-electron chi connectivity index (χ4n) is 2.84. The summed E-state index contributed by atoms with van der Waals surface area (Å²) in [6.45, 7) is 4.70.